The number of rotatable bonds is 1. The minimum atomic E-state index is -1.42. The maximum Gasteiger partial charge on any atom is 0.411 e. The normalized spacial score (nSPS) is 22.9. The Morgan fingerprint density at radius 3 is 2.37 bits per heavy atom. The van der Waals surface area contributed by atoms with E-state index < -0.39 is 46.3 Å². The molecule has 30 heavy (non-hydrogen) atoms. The van der Waals surface area contributed by atoms with Gasteiger partial charge >= 0.3 is 12.1 Å². The minimum absolute atomic E-state index is 0.149. The molecule has 1 heterocycles. The number of hydrogen-bond acceptors (Lipinski definition) is 5. The quantitative estimate of drug-likeness (QED) is 0.690. The van der Waals surface area contributed by atoms with Crippen molar-refractivity contribution in [2.45, 2.75) is 71.1 Å². The second-order valence-corrected chi connectivity index (χ2v) is 9.25. The van der Waals surface area contributed by atoms with E-state index in [2.05, 4.69) is 0 Å². The molecule has 1 aromatic rings. The number of hydrogen-bond donors (Lipinski definition) is 0. The van der Waals surface area contributed by atoms with E-state index in [1.807, 2.05) is 0 Å². The van der Waals surface area contributed by atoms with Gasteiger partial charge in [0.15, 0.2) is 0 Å². The first-order chi connectivity index (χ1) is 13.7. The molecule has 0 saturated carbocycles. The van der Waals surface area contributed by atoms with Crippen LogP contribution in [-0.4, -0.2) is 45.6 Å². The summed E-state index contributed by atoms with van der Waals surface area (Å²) in [7, 11) is 0. The van der Waals surface area contributed by atoms with E-state index in [1.54, 1.807) is 20.8 Å². The van der Waals surface area contributed by atoms with Crippen LogP contribution in [0.4, 0.5) is 13.6 Å². The molecular weight excluding hydrogens is 398 g/mol. The third-order valence-electron chi connectivity index (χ3n) is 5.47. The van der Waals surface area contributed by atoms with Crippen molar-refractivity contribution in [3.63, 3.8) is 0 Å². The SMILES string of the molecule is CC(=O)ON1C(=O)C(C)(C)N(C(=O)OC(C)(C)C)CC12CCc1c(F)cc(F)cc12. The molecule has 2 aliphatic rings. The zero-order valence-electron chi connectivity index (χ0n) is 18.0. The molecule has 3 rings (SSSR count). The van der Waals surface area contributed by atoms with Gasteiger partial charge < -0.3 is 9.57 Å². The van der Waals surface area contributed by atoms with Gasteiger partial charge in [0, 0.05) is 13.0 Å². The third-order valence-corrected chi connectivity index (χ3v) is 5.47. The van der Waals surface area contributed by atoms with Crippen LogP contribution in [0.1, 0.15) is 59.1 Å². The van der Waals surface area contributed by atoms with E-state index in [1.165, 1.54) is 18.7 Å². The first kappa shape index (κ1) is 22.0. The average molecular weight is 424 g/mol. The molecule has 0 radical (unpaired) electrons. The van der Waals surface area contributed by atoms with Crippen molar-refractivity contribution in [2.24, 2.45) is 0 Å². The van der Waals surface area contributed by atoms with Crippen LogP contribution in [-0.2, 0) is 31.1 Å². The highest BCUT2D eigenvalue weighted by atomic mass is 19.1. The van der Waals surface area contributed by atoms with Gasteiger partial charge in [-0.3, -0.25) is 14.5 Å². The number of carbonyl (C=O) groups is 3. The summed E-state index contributed by atoms with van der Waals surface area (Å²) in [5.74, 6) is -3.01. The van der Waals surface area contributed by atoms with Crippen LogP contribution in [0.3, 0.4) is 0 Å². The topological polar surface area (TPSA) is 76.2 Å². The van der Waals surface area contributed by atoms with Gasteiger partial charge in [-0.1, -0.05) is 0 Å². The van der Waals surface area contributed by atoms with Crippen molar-refractivity contribution in [3.8, 4) is 0 Å². The van der Waals surface area contributed by atoms with E-state index >= 15 is 0 Å². The third kappa shape index (κ3) is 3.50. The van der Waals surface area contributed by atoms with E-state index in [4.69, 9.17) is 9.57 Å². The van der Waals surface area contributed by atoms with E-state index in [-0.39, 0.29) is 30.5 Å². The summed E-state index contributed by atoms with van der Waals surface area (Å²) in [5.41, 5.74) is -3.25. The lowest BCUT2D eigenvalue weighted by Crippen LogP contribution is -2.71. The molecule has 1 spiro atoms. The average Bonchev–Trinajstić information content (AvgIpc) is 2.93. The fourth-order valence-corrected chi connectivity index (χ4v) is 4.06. The molecule has 1 fully saturated rings. The van der Waals surface area contributed by atoms with Gasteiger partial charge in [0.2, 0.25) is 0 Å². The second-order valence-electron chi connectivity index (χ2n) is 9.25. The van der Waals surface area contributed by atoms with Crippen LogP contribution in [0.15, 0.2) is 12.1 Å². The first-order valence-electron chi connectivity index (χ1n) is 9.71. The number of fused-ring (bicyclic) bond motifs is 2. The number of nitrogens with zero attached hydrogens (tertiary/aromatic N) is 2. The predicted octanol–water partition coefficient (Wildman–Crippen LogP) is 3.44. The molecule has 1 atom stereocenters. The summed E-state index contributed by atoms with van der Waals surface area (Å²) in [6.07, 6.45) is -0.403. The van der Waals surface area contributed by atoms with Crippen LogP contribution >= 0.6 is 0 Å². The Hall–Kier alpha value is -2.71. The lowest BCUT2D eigenvalue weighted by atomic mass is 9.83. The monoisotopic (exact) mass is 424 g/mol. The molecule has 0 aromatic heterocycles. The lowest BCUT2D eigenvalue weighted by molar-refractivity contribution is -0.244. The van der Waals surface area contributed by atoms with Gasteiger partial charge in [0.25, 0.3) is 5.91 Å². The van der Waals surface area contributed by atoms with Crippen molar-refractivity contribution in [3.05, 3.63) is 34.9 Å². The highest BCUT2D eigenvalue weighted by molar-refractivity contribution is 5.91. The zero-order chi connectivity index (χ0) is 22.6. The Kier molecular flexibility index (Phi) is 5.07. The molecule has 0 N–H and O–H groups in total. The molecule has 1 unspecified atom stereocenters. The van der Waals surface area contributed by atoms with Gasteiger partial charge in [-0.15, -0.1) is 0 Å². The number of hydroxylamine groups is 2. The minimum Gasteiger partial charge on any atom is -0.444 e. The number of ether oxygens (including phenoxy) is 1. The summed E-state index contributed by atoms with van der Waals surface area (Å²) in [5, 5.41) is 0.890. The fourth-order valence-electron chi connectivity index (χ4n) is 4.06. The molecule has 1 aliphatic heterocycles. The van der Waals surface area contributed by atoms with Gasteiger partial charge in [-0.2, -0.15) is 5.06 Å². The van der Waals surface area contributed by atoms with Crippen LogP contribution in [0.2, 0.25) is 0 Å². The van der Waals surface area contributed by atoms with Crippen molar-refractivity contribution < 1.29 is 32.7 Å². The maximum absolute atomic E-state index is 14.5. The fraction of sp³-hybridized carbons (Fsp3) is 0.571. The molecule has 7 nitrogen and oxygen atoms in total. The van der Waals surface area contributed by atoms with E-state index in [0.717, 1.165) is 24.1 Å². The Morgan fingerprint density at radius 1 is 1.17 bits per heavy atom. The zero-order valence-corrected chi connectivity index (χ0v) is 18.0. The Labute approximate surface area is 173 Å². The highest BCUT2D eigenvalue weighted by Gasteiger charge is 2.61. The molecular formula is C21H26F2N2O5. The molecule has 164 valence electrons. The van der Waals surface area contributed by atoms with Crippen LogP contribution < -0.4 is 0 Å². The molecule has 1 aliphatic carbocycles. The number of benzene rings is 1. The van der Waals surface area contributed by atoms with Crippen LogP contribution in [0, 0.1) is 11.6 Å². The predicted molar refractivity (Wildman–Crippen MR) is 102 cm³/mol. The standard InChI is InChI=1S/C21H26F2N2O5/c1-12(26)30-25-17(27)20(5,6)24(18(28)29-19(2,3)4)11-21(25)8-7-14-15(21)9-13(22)10-16(14)23/h9-10H,7-8,11H2,1-6H3. The van der Waals surface area contributed by atoms with E-state index in [9.17, 15) is 23.2 Å². The molecule has 9 heteroatoms. The van der Waals surface area contributed by atoms with Crippen molar-refractivity contribution in [1.29, 1.82) is 0 Å². The summed E-state index contributed by atoms with van der Waals surface area (Å²) in [6.45, 7) is 9.08. The molecule has 1 saturated heterocycles. The molecule has 1 aromatic carbocycles. The van der Waals surface area contributed by atoms with Crippen molar-refractivity contribution in [1.82, 2.24) is 9.96 Å². The van der Waals surface area contributed by atoms with E-state index in [0.29, 0.717) is 0 Å². The number of carbonyl (C=O) groups excluding carboxylic acids is 3. The Balaban J connectivity index is 2.17. The van der Waals surface area contributed by atoms with Crippen molar-refractivity contribution in [2.75, 3.05) is 6.54 Å². The summed E-state index contributed by atoms with van der Waals surface area (Å²) in [6, 6.07) is 1.90. The van der Waals surface area contributed by atoms with Gasteiger partial charge in [-0.25, -0.2) is 13.6 Å². The Bertz CT molecular complexity index is 925. The van der Waals surface area contributed by atoms with Gasteiger partial charge in [-0.05, 0) is 64.7 Å². The second kappa shape index (κ2) is 6.92. The maximum atomic E-state index is 14.5. The summed E-state index contributed by atoms with van der Waals surface area (Å²) < 4.78 is 34.0. The first-order valence-corrected chi connectivity index (χ1v) is 9.71. The van der Waals surface area contributed by atoms with Gasteiger partial charge in [0.1, 0.15) is 28.3 Å². The Morgan fingerprint density at radius 2 is 1.80 bits per heavy atom. The smallest absolute Gasteiger partial charge is 0.411 e. The largest absolute Gasteiger partial charge is 0.444 e. The summed E-state index contributed by atoms with van der Waals surface area (Å²) >= 11 is 0. The highest BCUT2D eigenvalue weighted by Crippen LogP contribution is 2.48. The number of halogens is 2. The lowest BCUT2D eigenvalue weighted by Gasteiger charge is -2.53. The molecule has 0 bridgehead atoms. The van der Waals surface area contributed by atoms with Crippen LogP contribution in [0.5, 0.6) is 0 Å². The summed E-state index contributed by atoms with van der Waals surface area (Å²) in [4.78, 5) is 44.7. The van der Waals surface area contributed by atoms with Crippen molar-refractivity contribution >= 4 is 18.0 Å². The number of amides is 2. The van der Waals surface area contributed by atoms with Crippen LogP contribution in [0.25, 0.3) is 0 Å². The molecule has 2 amide bonds. The van der Waals surface area contributed by atoms with Gasteiger partial charge in [0.05, 0.1) is 6.54 Å². The number of piperazine rings is 1.